The van der Waals surface area contributed by atoms with Crippen LogP contribution in [0, 0.1) is 10.5 Å². The summed E-state index contributed by atoms with van der Waals surface area (Å²) in [5, 5.41) is 4.19. The van der Waals surface area contributed by atoms with Crippen LogP contribution in [0.3, 0.4) is 0 Å². The van der Waals surface area contributed by atoms with Crippen LogP contribution in [0.4, 0.5) is 5.69 Å². The molecule has 2 aromatic rings. The number of hydrogen-bond acceptors (Lipinski definition) is 3. The first-order chi connectivity index (χ1) is 7.09. The molecule has 0 aromatic carbocycles. The van der Waals surface area contributed by atoms with Gasteiger partial charge in [0.15, 0.2) is 5.82 Å². The van der Waals surface area contributed by atoms with Gasteiger partial charge in [-0.25, -0.2) is 9.67 Å². The first-order valence-electron chi connectivity index (χ1n) is 4.20. The second kappa shape index (κ2) is 4.09. The van der Waals surface area contributed by atoms with Gasteiger partial charge in [-0.15, -0.1) is 0 Å². The predicted octanol–water partition coefficient (Wildman–Crippen LogP) is 2.53. The molecule has 0 unspecified atom stereocenters. The molecule has 0 amide bonds. The Bertz CT molecular complexity index is 509. The SMILES string of the molecule is Cc1c(N)cnc(-n2cc(I)cn2)c1Br. The minimum atomic E-state index is 0.674. The highest BCUT2D eigenvalue weighted by atomic mass is 127. The van der Waals surface area contributed by atoms with Crippen LogP contribution in [0.25, 0.3) is 5.82 Å². The molecular weight excluding hydrogens is 371 g/mol. The van der Waals surface area contributed by atoms with Crippen LogP contribution in [-0.2, 0) is 0 Å². The van der Waals surface area contributed by atoms with E-state index in [9.17, 15) is 0 Å². The van der Waals surface area contributed by atoms with Gasteiger partial charge in [-0.1, -0.05) is 0 Å². The highest BCUT2D eigenvalue weighted by molar-refractivity contribution is 14.1. The second-order valence-electron chi connectivity index (χ2n) is 3.08. The van der Waals surface area contributed by atoms with Crippen LogP contribution in [0.1, 0.15) is 5.56 Å². The van der Waals surface area contributed by atoms with Gasteiger partial charge in [0.2, 0.25) is 0 Å². The van der Waals surface area contributed by atoms with Gasteiger partial charge in [0.1, 0.15) is 0 Å². The van der Waals surface area contributed by atoms with E-state index >= 15 is 0 Å². The fourth-order valence-corrected chi connectivity index (χ4v) is 2.06. The zero-order valence-electron chi connectivity index (χ0n) is 7.91. The summed E-state index contributed by atoms with van der Waals surface area (Å²) in [6.07, 6.45) is 5.33. The Morgan fingerprint density at radius 3 is 2.80 bits per heavy atom. The highest BCUT2D eigenvalue weighted by Crippen LogP contribution is 2.26. The van der Waals surface area contributed by atoms with Crippen molar-refractivity contribution in [1.82, 2.24) is 14.8 Å². The molecule has 2 rings (SSSR count). The molecule has 2 heterocycles. The molecule has 0 fully saturated rings. The number of nitrogens with two attached hydrogens (primary N) is 1. The van der Waals surface area contributed by atoms with Crippen molar-refractivity contribution in [2.24, 2.45) is 0 Å². The van der Waals surface area contributed by atoms with Crippen molar-refractivity contribution in [1.29, 1.82) is 0 Å². The maximum absolute atomic E-state index is 5.75. The van der Waals surface area contributed by atoms with E-state index in [1.165, 1.54) is 0 Å². The Morgan fingerprint density at radius 2 is 2.20 bits per heavy atom. The van der Waals surface area contributed by atoms with Crippen molar-refractivity contribution >= 4 is 44.2 Å². The molecule has 4 nitrogen and oxygen atoms in total. The summed E-state index contributed by atoms with van der Waals surface area (Å²) in [6, 6.07) is 0. The fraction of sp³-hybridized carbons (Fsp3) is 0.111. The Morgan fingerprint density at radius 1 is 1.47 bits per heavy atom. The van der Waals surface area contributed by atoms with Crippen molar-refractivity contribution in [2.75, 3.05) is 5.73 Å². The molecule has 78 valence electrons. The van der Waals surface area contributed by atoms with Crippen molar-refractivity contribution in [3.8, 4) is 5.82 Å². The van der Waals surface area contributed by atoms with E-state index < -0.39 is 0 Å². The van der Waals surface area contributed by atoms with Crippen LogP contribution < -0.4 is 5.73 Å². The molecule has 6 heteroatoms. The number of pyridine rings is 1. The normalized spacial score (nSPS) is 10.6. The summed E-state index contributed by atoms with van der Waals surface area (Å²) in [5.74, 6) is 0.754. The zero-order valence-corrected chi connectivity index (χ0v) is 11.7. The molecular formula is C9H8BrIN4. The van der Waals surface area contributed by atoms with Gasteiger partial charge < -0.3 is 5.73 Å². The number of rotatable bonds is 1. The molecule has 0 radical (unpaired) electrons. The number of nitrogen functional groups attached to an aromatic ring is 1. The predicted molar refractivity (Wildman–Crippen MR) is 70.9 cm³/mol. The molecule has 2 aromatic heterocycles. The van der Waals surface area contributed by atoms with E-state index in [0.717, 1.165) is 19.4 Å². The first kappa shape index (κ1) is 10.9. The summed E-state index contributed by atoms with van der Waals surface area (Å²) in [6.45, 7) is 1.94. The molecule has 0 spiro atoms. The standard InChI is InChI=1S/C9H8BrIN4/c1-5-7(12)3-13-9(8(5)10)15-4-6(11)2-14-15/h2-4H,12H2,1H3. The minimum absolute atomic E-state index is 0.674. The number of anilines is 1. The number of hydrogen-bond donors (Lipinski definition) is 1. The van der Waals surface area contributed by atoms with Gasteiger partial charge in [-0.05, 0) is 51.0 Å². The summed E-state index contributed by atoms with van der Waals surface area (Å²) < 4.78 is 3.66. The largest absolute Gasteiger partial charge is 0.397 e. The number of nitrogens with zero attached hydrogens (tertiary/aromatic N) is 3. The Hall–Kier alpha value is -0.630. The van der Waals surface area contributed by atoms with Gasteiger partial charge >= 0.3 is 0 Å². The van der Waals surface area contributed by atoms with Gasteiger partial charge in [0.25, 0.3) is 0 Å². The summed E-state index contributed by atoms with van der Waals surface area (Å²) in [7, 11) is 0. The van der Waals surface area contributed by atoms with Crippen LogP contribution >= 0.6 is 38.5 Å². The average Bonchev–Trinajstić information content (AvgIpc) is 2.61. The minimum Gasteiger partial charge on any atom is -0.397 e. The van der Waals surface area contributed by atoms with E-state index in [-0.39, 0.29) is 0 Å². The van der Waals surface area contributed by atoms with E-state index in [1.807, 2.05) is 13.1 Å². The highest BCUT2D eigenvalue weighted by Gasteiger charge is 2.09. The molecule has 0 aliphatic rings. The number of aromatic nitrogens is 3. The Labute approximate surface area is 109 Å². The molecule has 0 aliphatic carbocycles. The Balaban J connectivity index is 2.59. The van der Waals surface area contributed by atoms with Crippen molar-refractivity contribution < 1.29 is 0 Å². The number of halogens is 2. The average molecular weight is 379 g/mol. The summed E-state index contributed by atoms with van der Waals surface area (Å²) in [4.78, 5) is 4.25. The lowest BCUT2D eigenvalue weighted by Gasteiger charge is -2.07. The summed E-state index contributed by atoms with van der Waals surface area (Å²) >= 11 is 5.67. The second-order valence-corrected chi connectivity index (χ2v) is 5.12. The third-order valence-electron chi connectivity index (χ3n) is 2.05. The monoisotopic (exact) mass is 378 g/mol. The van der Waals surface area contributed by atoms with Crippen molar-refractivity contribution in [3.63, 3.8) is 0 Å². The molecule has 0 saturated carbocycles. The topological polar surface area (TPSA) is 56.7 Å². The van der Waals surface area contributed by atoms with E-state index in [0.29, 0.717) is 5.69 Å². The lowest BCUT2D eigenvalue weighted by atomic mass is 10.2. The van der Waals surface area contributed by atoms with Crippen molar-refractivity contribution in [2.45, 2.75) is 6.92 Å². The molecule has 0 bridgehead atoms. The van der Waals surface area contributed by atoms with Crippen LogP contribution in [0.2, 0.25) is 0 Å². The molecule has 15 heavy (non-hydrogen) atoms. The fourth-order valence-electron chi connectivity index (χ4n) is 1.16. The third-order valence-corrected chi connectivity index (χ3v) is 3.56. The lowest BCUT2D eigenvalue weighted by Crippen LogP contribution is -2.02. The summed E-state index contributed by atoms with van der Waals surface area (Å²) in [5.41, 5.74) is 7.40. The first-order valence-corrected chi connectivity index (χ1v) is 6.08. The van der Waals surface area contributed by atoms with Crippen LogP contribution in [0.5, 0.6) is 0 Å². The molecule has 0 aliphatic heterocycles. The lowest BCUT2D eigenvalue weighted by molar-refractivity contribution is 0.840. The van der Waals surface area contributed by atoms with Crippen molar-refractivity contribution in [3.05, 3.63) is 32.2 Å². The molecule has 2 N–H and O–H groups in total. The zero-order chi connectivity index (χ0) is 11.0. The van der Waals surface area contributed by atoms with E-state index in [1.54, 1.807) is 17.1 Å². The quantitative estimate of drug-likeness (QED) is 0.776. The van der Waals surface area contributed by atoms with Gasteiger partial charge in [-0.3, -0.25) is 0 Å². The Kier molecular flexibility index (Phi) is 2.96. The van der Waals surface area contributed by atoms with Gasteiger partial charge in [0.05, 0.1) is 26.1 Å². The van der Waals surface area contributed by atoms with Crippen LogP contribution in [-0.4, -0.2) is 14.8 Å². The maximum Gasteiger partial charge on any atom is 0.168 e. The van der Waals surface area contributed by atoms with E-state index in [4.69, 9.17) is 5.73 Å². The van der Waals surface area contributed by atoms with Crippen LogP contribution in [0.15, 0.2) is 23.1 Å². The molecule has 0 atom stereocenters. The van der Waals surface area contributed by atoms with Gasteiger partial charge in [-0.2, -0.15) is 5.10 Å². The smallest absolute Gasteiger partial charge is 0.168 e. The maximum atomic E-state index is 5.75. The van der Waals surface area contributed by atoms with Gasteiger partial charge in [0, 0.05) is 6.20 Å². The molecule has 0 saturated heterocycles. The van der Waals surface area contributed by atoms with E-state index in [2.05, 4.69) is 48.6 Å². The third kappa shape index (κ3) is 2.00.